The first kappa shape index (κ1) is 11.8. The highest BCUT2D eigenvalue weighted by molar-refractivity contribution is 5.88. The first-order chi connectivity index (χ1) is 10.2. The van der Waals surface area contributed by atoms with E-state index in [2.05, 4.69) is 15.2 Å². The molecule has 5 heteroatoms. The average Bonchev–Trinajstić information content (AvgIpc) is 2.89. The van der Waals surface area contributed by atoms with E-state index in [4.69, 9.17) is 0 Å². The fraction of sp³-hybridized carbons (Fsp3) is 0.0625. The second kappa shape index (κ2) is 4.28. The van der Waals surface area contributed by atoms with Gasteiger partial charge < -0.3 is 0 Å². The molecule has 2 aromatic heterocycles. The molecule has 0 unspecified atom stereocenters. The van der Waals surface area contributed by atoms with Crippen LogP contribution in [0.5, 0.6) is 0 Å². The zero-order valence-corrected chi connectivity index (χ0v) is 11.3. The third-order valence-electron chi connectivity index (χ3n) is 3.68. The standard InChI is InChI=1S/C16H11N4O/c1-10-8-15-18-19-16(21)20(15)14-9-12(2-3-13(10)14)11-4-6-17-7-5-11/h2-9H,1H3/q+1. The SMILES string of the molecule is Cc1cc2[n+](c3cc(-c4ccncc4)ccc13)C(=O)N=N2. The Morgan fingerprint density at radius 3 is 2.57 bits per heavy atom. The summed E-state index contributed by atoms with van der Waals surface area (Å²) in [7, 11) is 0. The van der Waals surface area contributed by atoms with Gasteiger partial charge in [-0.05, 0) is 41.8 Å². The van der Waals surface area contributed by atoms with Crippen LogP contribution in [0.3, 0.4) is 0 Å². The molecule has 3 heterocycles. The summed E-state index contributed by atoms with van der Waals surface area (Å²) in [5.74, 6) is 0.580. The van der Waals surface area contributed by atoms with Gasteiger partial charge in [0.2, 0.25) is 0 Å². The maximum atomic E-state index is 11.9. The van der Waals surface area contributed by atoms with Gasteiger partial charge >= 0.3 is 11.8 Å². The van der Waals surface area contributed by atoms with Crippen molar-refractivity contribution in [2.45, 2.75) is 6.92 Å². The number of benzene rings is 1. The Bertz CT molecular complexity index is 916. The lowest BCUT2D eigenvalue weighted by Crippen LogP contribution is -2.38. The molecular weight excluding hydrogens is 264 g/mol. The Balaban J connectivity index is 2.04. The molecule has 1 aliphatic rings. The Hall–Kier alpha value is -2.95. The normalized spacial score (nSPS) is 12.9. The number of azo groups is 1. The average molecular weight is 275 g/mol. The van der Waals surface area contributed by atoms with Crippen LogP contribution in [-0.4, -0.2) is 11.0 Å². The highest BCUT2D eigenvalue weighted by Crippen LogP contribution is 2.27. The zero-order valence-electron chi connectivity index (χ0n) is 11.3. The number of rotatable bonds is 1. The van der Waals surface area contributed by atoms with Crippen LogP contribution in [0.15, 0.2) is 59.0 Å². The van der Waals surface area contributed by atoms with Crippen LogP contribution in [-0.2, 0) is 0 Å². The highest BCUT2D eigenvalue weighted by atomic mass is 16.2. The summed E-state index contributed by atoms with van der Waals surface area (Å²) in [6, 6.07) is 11.5. The molecular formula is C16H11N4O+. The van der Waals surface area contributed by atoms with E-state index < -0.39 is 0 Å². The van der Waals surface area contributed by atoms with E-state index in [1.54, 1.807) is 17.0 Å². The first-order valence-electron chi connectivity index (χ1n) is 6.60. The van der Waals surface area contributed by atoms with Crippen LogP contribution in [0, 0.1) is 6.92 Å². The van der Waals surface area contributed by atoms with Gasteiger partial charge in [0.05, 0.1) is 5.11 Å². The Kier molecular flexibility index (Phi) is 2.41. The van der Waals surface area contributed by atoms with E-state index in [1.165, 1.54) is 0 Å². The molecule has 0 spiro atoms. The van der Waals surface area contributed by atoms with Gasteiger partial charge in [0.1, 0.15) is 10.6 Å². The van der Waals surface area contributed by atoms with E-state index in [1.807, 2.05) is 43.3 Å². The monoisotopic (exact) mass is 275 g/mol. The van der Waals surface area contributed by atoms with E-state index >= 15 is 0 Å². The van der Waals surface area contributed by atoms with Crippen LogP contribution < -0.4 is 4.57 Å². The number of fused-ring (bicyclic) bond motifs is 3. The van der Waals surface area contributed by atoms with Crippen LogP contribution in [0.2, 0.25) is 0 Å². The number of aryl methyl sites for hydroxylation is 1. The summed E-state index contributed by atoms with van der Waals surface area (Å²) in [5.41, 5.74) is 3.99. The van der Waals surface area contributed by atoms with Crippen molar-refractivity contribution >= 4 is 22.8 Å². The third kappa shape index (κ3) is 1.74. The molecule has 0 bridgehead atoms. The maximum Gasteiger partial charge on any atom is 0.518 e. The summed E-state index contributed by atoms with van der Waals surface area (Å²) in [4.78, 5) is 16.0. The lowest BCUT2D eigenvalue weighted by atomic mass is 10.0. The van der Waals surface area contributed by atoms with Crippen molar-refractivity contribution in [3.05, 3.63) is 54.4 Å². The minimum absolute atomic E-state index is 0.345. The highest BCUT2D eigenvalue weighted by Gasteiger charge is 2.30. The number of nitrogens with zero attached hydrogens (tertiary/aromatic N) is 4. The number of amides is 1. The molecule has 3 aromatic rings. The van der Waals surface area contributed by atoms with Crippen LogP contribution in [0.25, 0.3) is 22.0 Å². The number of hydrogen-bond donors (Lipinski definition) is 0. The molecule has 0 saturated heterocycles. The summed E-state index contributed by atoms with van der Waals surface area (Å²) in [6.45, 7) is 2.01. The molecule has 0 fully saturated rings. The van der Waals surface area contributed by atoms with Crippen LogP contribution >= 0.6 is 0 Å². The minimum atomic E-state index is -0.345. The first-order valence-corrected chi connectivity index (χ1v) is 6.60. The summed E-state index contributed by atoms with van der Waals surface area (Å²) >= 11 is 0. The number of hydrogen-bond acceptors (Lipinski definition) is 3. The second-order valence-corrected chi connectivity index (χ2v) is 4.97. The largest absolute Gasteiger partial charge is 0.518 e. The molecule has 1 aliphatic heterocycles. The Labute approximate surface area is 120 Å². The van der Waals surface area contributed by atoms with E-state index in [0.717, 1.165) is 27.6 Å². The fourth-order valence-corrected chi connectivity index (χ4v) is 2.65. The zero-order chi connectivity index (χ0) is 14.4. The van der Waals surface area contributed by atoms with Crippen molar-refractivity contribution in [2.75, 3.05) is 0 Å². The molecule has 1 aromatic carbocycles. The third-order valence-corrected chi connectivity index (χ3v) is 3.68. The Morgan fingerprint density at radius 1 is 0.952 bits per heavy atom. The molecule has 0 N–H and O–H groups in total. The number of carbonyl (C=O) groups is 1. The second-order valence-electron chi connectivity index (χ2n) is 4.97. The van der Waals surface area contributed by atoms with Crippen LogP contribution in [0.1, 0.15) is 5.56 Å². The lowest BCUT2D eigenvalue weighted by molar-refractivity contribution is -0.521. The molecule has 0 aliphatic carbocycles. The van der Waals surface area contributed by atoms with Crippen molar-refractivity contribution in [3.63, 3.8) is 0 Å². The van der Waals surface area contributed by atoms with Crippen molar-refractivity contribution in [1.82, 2.24) is 4.98 Å². The fourth-order valence-electron chi connectivity index (χ4n) is 2.65. The minimum Gasteiger partial charge on any atom is -0.265 e. The molecule has 5 nitrogen and oxygen atoms in total. The van der Waals surface area contributed by atoms with Gasteiger partial charge in [-0.1, -0.05) is 12.1 Å². The number of carbonyl (C=O) groups excluding carboxylic acids is 1. The van der Waals surface area contributed by atoms with Gasteiger partial charge in [0.15, 0.2) is 0 Å². The van der Waals surface area contributed by atoms with Gasteiger partial charge in [-0.2, -0.15) is 4.57 Å². The van der Waals surface area contributed by atoms with Gasteiger partial charge in [-0.25, -0.2) is 4.79 Å². The van der Waals surface area contributed by atoms with Crippen molar-refractivity contribution in [3.8, 4) is 11.1 Å². The lowest BCUT2D eigenvalue weighted by Gasteiger charge is -2.07. The van der Waals surface area contributed by atoms with E-state index in [-0.39, 0.29) is 6.03 Å². The summed E-state index contributed by atoms with van der Waals surface area (Å²) in [6.07, 6.45) is 3.51. The van der Waals surface area contributed by atoms with Gasteiger partial charge in [-0.3, -0.25) is 4.98 Å². The smallest absolute Gasteiger partial charge is 0.265 e. The summed E-state index contributed by atoms with van der Waals surface area (Å²) in [5, 5.41) is 8.58. The molecule has 0 saturated carbocycles. The van der Waals surface area contributed by atoms with Gasteiger partial charge in [0.25, 0.3) is 0 Å². The van der Waals surface area contributed by atoms with Crippen molar-refractivity contribution in [2.24, 2.45) is 10.2 Å². The molecule has 21 heavy (non-hydrogen) atoms. The molecule has 100 valence electrons. The maximum absolute atomic E-state index is 11.9. The quantitative estimate of drug-likeness (QED) is 0.637. The predicted molar refractivity (Wildman–Crippen MR) is 77.4 cm³/mol. The number of pyridine rings is 2. The van der Waals surface area contributed by atoms with Gasteiger partial charge in [0, 0.05) is 23.8 Å². The van der Waals surface area contributed by atoms with Crippen molar-refractivity contribution < 1.29 is 9.36 Å². The van der Waals surface area contributed by atoms with Crippen molar-refractivity contribution in [1.29, 1.82) is 0 Å². The van der Waals surface area contributed by atoms with Crippen LogP contribution in [0.4, 0.5) is 10.6 Å². The number of aromatic nitrogens is 2. The predicted octanol–water partition coefficient (Wildman–Crippen LogP) is 3.56. The van der Waals surface area contributed by atoms with E-state index in [9.17, 15) is 4.79 Å². The Morgan fingerprint density at radius 2 is 1.76 bits per heavy atom. The summed E-state index contributed by atoms with van der Waals surface area (Å²) < 4.78 is 1.55. The topological polar surface area (TPSA) is 58.6 Å². The molecule has 4 rings (SSSR count). The molecule has 1 amide bonds. The molecule has 0 radical (unpaired) electrons. The van der Waals surface area contributed by atoms with Gasteiger partial charge in [-0.15, -0.1) is 0 Å². The molecule has 0 atom stereocenters. The van der Waals surface area contributed by atoms with E-state index in [0.29, 0.717) is 5.82 Å².